The van der Waals surface area contributed by atoms with Gasteiger partial charge in [-0.15, -0.1) is 0 Å². The van der Waals surface area contributed by atoms with Crippen LogP contribution in [0.15, 0.2) is 72.8 Å². The van der Waals surface area contributed by atoms with E-state index >= 15 is 0 Å². The van der Waals surface area contributed by atoms with E-state index in [1.165, 1.54) is 22.3 Å². The van der Waals surface area contributed by atoms with Crippen LogP contribution < -0.4 is 10.6 Å². The zero-order valence-corrected chi connectivity index (χ0v) is 19.3. The molecule has 3 aromatic rings. The minimum absolute atomic E-state index is 0.153. The molecule has 1 saturated heterocycles. The Morgan fingerprint density at radius 3 is 1.97 bits per heavy atom. The third-order valence-electron chi connectivity index (χ3n) is 6.23. The van der Waals surface area contributed by atoms with Gasteiger partial charge in [0.15, 0.2) is 0 Å². The molecule has 0 spiro atoms. The highest BCUT2D eigenvalue weighted by atomic mass is 16.2. The van der Waals surface area contributed by atoms with Gasteiger partial charge in [0.05, 0.1) is 11.4 Å². The maximum absolute atomic E-state index is 13.2. The van der Waals surface area contributed by atoms with Crippen LogP contribution in [0.2, 0.25) is 0 Å². The summed E-state index contributed by atoms with van der Waals surface area (Å²) in [5.74, 6) is 0.179. The van der Waals surface area contributed by atoms with Gasteiger partial charge in [0, 0.05) is 25.6 Å². The van der Waals surface area contributed by atoms with E-state index in [4.69, 9.17) is 0 Å². The summed E-state index contributed by atoms with van der Waals surface area (Å²) in [7, 11) is 0. The first-order valence-electron chi connectivity index (χ1n) is 11.5. The van der Waals surface area contributed by atoms with E-state index in [9.17, 15) is 4.79 Å². The topological polar surface area (TPSA) is 44.4 Å². The molecule has 1 aliphatic heterocycles. The number of rotatable bonds is 8. The van der Waals surface area contributed by atoms with Gasteiger partial charge in [0.1, 0.15) is 6.04 Å². The number of hydrogen-bond acceptors (Lipinski definition) is 3. The van der Waals surface area contributed by atoms with Crippen LogP contribution in [-0.4, -0.2) is 29.9 Å². The summed E-state index contributed by atoms with van der Waals surface area (Å²) in [6.07, 6.45) is 1.76. The molecule has 1 amide bonds. The van der Waals surface area contributed by atoms with Crippen LogP contribution in [0.3, 0.4) is 0 Å². The van der Waals surface area contributed by atoms with Crippen LogP contribution in [-0.2, 0) is 11.2 Å². The second kappa shape index (κ2) is 9.90. The summed E-state index contributed by atoms with van der Waals surface area (Å²) in [4.78, 5) is 15.2. The molecule has 4 nitrogen and oxygen atoms in total. The lowest BCUT2D eigenvalue weighted by atomic mass is 10.0. The van der Waals surface area contributed by atoms with Crippen molar-refractivity contribution in [1.29, 1.82) is 0 Å². The number of carbonyl (C=O) groups is 1. The highest BCUT2D eigenvalue weighted by Gasteiger charge is 2.28. The molecule has 0 radical (unpaired) electrons. The maximum Gasteiger partial charge on any atom is 0.245 e. The van der Waals surface area contributed by atoms with Crippen LogP contribution in [0.4, 0.5) is 11.4 Å². The van der Waals surface area contributed by atoms with Gasteiger partial charge in [-0.25, -0.2) is 0 Å². The molecule has 0 aliphatic carbocycles. The molecule has 1 heterocycles. The summed E-state index contributed by atoms with van der Waals surface area (Å²) in [6, 6.07) is 25.1. The Kier molecular flexibility index (Phi) is 6.79. The number of benzene rings is 3. The zero-order valence-electron chi connectivity index (χ0n) is 19.3. The molecule has 4 heteroatoms. The lowest BCUT2D eigenvalue weighted by Gasteiger charge is -2.35. The lowest BCUT2D eigenvalue weighted by Crippen LogP contribution is -2.50. The molecule has 0 aromatic heterocycles. The second-order valence-corrected chi connectivity index (χ2v) is 8.89. The maximum atomic E-state index is 13.2. The van der Waals surface area contributed by atoms with Gasteiger partial charge < -0.3 is 15.5 Å². The smallest absolute Gasteiger partial charge is 0.245 e. The van der Waals surface area contributed by atoms with Gasteiger partial charge in [0.25, 0.3) is 0 Å². The van der Waals surface area contributed by atoms with Crippen molar-refractivity contribution in [1.82, 2.24) is 4.90 Å². The minimum Gasteiger partial charge on any atom is -0.377 e. The monoisotopic (exact) mass is 427 g/mol. The van der Waals surface area contributed by atoms with E-state index in [2.05, 4.69) is 92.1 Å². The fraction of sp³-hybridized carbons (Fsp3) is 0.321. The zero-order chi connectivity index (χ0) is 22.5. The van der Waals surface area contributed by atoms with Crippen molar-refractivity contribution in [2.75, 3.05) is 23.7 Å². The third-order valence-corrected chi connectivity index (χ3v) is 6.23. The summed E-state index contributed by atoms with van der Waals surface area (Å²) >= 11 is 0. The van der Waals surface area contributed by atoms with Crippen molar-refractivity contribution in [2.24, 2.45) is 0 Å². The fourth-order valence-corrected chi connectivity index (χ4v) is 4.01. The Bertz CT molecular complexity index is 1040. The van der Waals surface area contributed by atoms with Gasteiger partial charge in [-0.3, -0.25) is 4.79 Å². The standard InChI is InChI=1S/C28H33N3O/c1-20-9-13-23(14-10-20)19-27(28(32)31-17-6-18-31)30-26-8-5-4-7-25(26)29-22(3)24-15-11-21(2)12-16-24/h4-5,7-16,22,27,29-30H,6,17-19H2,1-3H3/t22?,27-/m0/s1. The number of para-hydroxylation sites is 2. The van der Waals surface area contributed by atoms with Crippen LogP contribution in [0.25, 0.3) is 0 Å². The van der Waals surface area contributed by atoms with E-state index in [0.29, 0.717) is 6.42 Å². The molecule has 32 heavy (non-hydrogen) atoms. The number of amides is 1. The number of hydrogen-bond donors (Lipinski definition) is 2. The Morgan fingerprint density at radius 1 is 0.844 bits per heavy atom. The van der Waals surface area contributed by atoms with Crippen molar-refractivity contribution >= 4 is 17.3 Å². The molecule has 2 atom stereocenters. The van der Waals surface area contributed by atoms with Crippen molar-refractivity contribution in [3.8, 4) is 0 Å². The number of anilines is 2. The molecular weight excluding hydrogens is 394 g/mol. The van der Waals surface area contributed by atoms with E-state index in [0.717, 1.165) is 30.9 Å². The SMILES string of the molecule is Cc1ccc(C[C@H](Nc2ccccc2NC(C)c2ccc(C)cc2)C(=O)N2CCC2)cc1. The summed E-state index contributed by atoms with van der Waals surface area (Å²) in [5.41, 5.74) is 6.85. The van der Waals surface area contributed by atoms with E-state index in [1.54, 1.807) is 0 Å². The minimum atomic E-state index is -0.296. The predicted molar refractivity (Wildman–Crippen MR) is 133 cm³/mol. The fourth-order valence-electron chi connectivity index (χ4n) is 4.01. The van der Waals surface area contributed by atoms with E-state index in [-0.39, 0.29) is 18.0 Å². The average Bonchev–Trinajstić information content (AvgIpc) is 2.75. The highest BCUT2D eigenvalue weighted by Crippen LogP contribution is 2.28. The molecule has 3 aromatic carbocycles. The quantitative estimate of drug-likeness (QED) is 0.482. The molecule has 0 bridgehead atoms. The molecule has 166 valence electrons. The number of nitrogens with one attached hydrogen (secondary N) is 2. The number of aryl methyl sites for hydroxylation is 2. The summed E-state index contributed by atoms with van der Waals surface area (Å²) in [6.45, 7) is 8.06. The van der Waals surface area contributed by atoms with E-state index < -0.39 is 0 Å². The number of carbonyl (C=O) groups excluding carboxylic acids is 1. The Balaban J connectivity index is 1.54. The van der Waals surface area contributed by atoms with Gasteiger partial charge in [-0.05, 0) is 50.5 Å². The van der Waals surface area contributed by atoms with Crippen molar-refractivity contribution in [3.05, 3.63) is 95.1 Å². The first kappa shape index (κ1) is 21.9. The van der Waals surface area contributed by atoms with Gasteiger partial charge in [-0.2, -0.15) is 0 Å². The lowest BCUT2D eigenvalue weighted by molar-refractivity contribution is -0.135. The van der Waals surface area contributed by atoms with Crippen LogP contribution in [0.1, 0.15) is 41.6 Å². The number of likely N-dealkylation sites (tertiary alicyclic amines) is 1. The third kappa shape index (κ3) is 5.31. The molecule has 2 N–H and O–H groups in total. The summed E-state index contributed by atoms with van der Waals surface area (Å²) in [5, 5.41) is 7.20. The normalized spacial score (nSPS) is 14.9. The first-order valence-corrected chi connectivity index (χ1v) is 11.5. The Labute approximate surface area is 191 Å². The Hall–Kier alpha value is -3.27. The highest BCUT2D eigenvalue weighted by molar-refractivity contribution is 5.87. The molecule has 1 unspecified atom stereocenters. The average molecular weight is 428 g/mol. The van der Waals surface area contributed by atoms with Crippen molar-refractivity contribution in [3.63, 3.8) is 0 Å². The van der Waals surface area contributed by atoms with Gasteiger partial charge in [0.2, 0.25) is 5.91 Å². The molecule has 4 rings (SSSR count). The van der Waals surface area contributed by atoms with Crippen molar-refractivity contribution in [2.45, 2.75) is 45.7 Å². The van der Waals surface area contributed by atoms with E-state index in [1.807, 2.05) is 17.0 Å². The van der Waals surface area contributed by atoms with Crippen LogP contribution in [0.5, 0.6) is 0 Å². The van der Waals surface area contributed by atoms with Gasteiger partial charge >= 0.3 is 0 Å². The van der Waals surface area contributed by atoms with Crippen molar-refractivity contribution < 1.29 is 4.79 Å². The predicted octanol–water partition coefficient (Wildman–Crippen LogP) is 5.73. The van der Waals surface area contributed by atoms with Crippen LogP contribution in [0, 0.1) is 13.8 Å². The molecule has 1 aliphatic rings. The largest absolute Gasteiger partial charge is 0.377 e. The van der Waals surface area contributed by atoms with Crippen LogP contribution >= 0.6 is 0 Å². The summed E-state index contributed by atoms with van der Waals surface area (Å²) < 4.78 is 0. The van der Waals surface area contributed by atoms with Gasteiger partial charge in [-0.1, -0.05) is 71.8 Å². The first-order chi connectivity index (χ1) is 15.5. The molecule has 0 saturated carbocycles. The molecule has 1 fully saturated rings. The second-order valence-electron chi connectivity index (χ2n) is 8.89. The Morgan fingerprint density at radius 2 is 1.41 bits per heavy atom. The number of nitrogens with zero attached hydrogens (tertiary/aromatic N) is 1. The molecular formula is C28H33N3O.